The van der Waals surface area contributed by atoms with Gasteiger partial charge in [-0.1, -0.05) is 18.7 Å². The molecule has 27 heavy (non-hydrogen) atoms. The summed E-state index contributed by atoms with van der Waals surface area (Å²) in [5.41, 5.74) is 3.29. The molecule has 0 spiro atoms. The SMILES string of the molecule is C=C(O)c1ccccc1N/N=C(/C(C)=O)C(=O)Nc1ccc(C(=O)O)cc1. The Morgan fingerprint density at radius 3 is 2.19 bits per heavy atom. The number of para-hydroxylation sites is 1. The molecule has 0 aliphatic carbocycles. The van der Waals surface area contributed by atoms with Gasteiger partial charge in [-0.15, -0.1) is 0 Å². The number of aromatic carboxylic acids is 1. The molecule has 4 N–H and O–H groups in total. The molecule has 0 radical (unpaired) electrons. The van der Waals surface area contributed by atoms with Crippen molar-refractivity contribution in [2.24, 2.45) is 5.10 Å². The molecule has 0 aliphatic rings. The molecule has 8 heteroatoms. The summed E-state index contributed by atoms with van der Waals surface area (Å²) < 4.78 is 0. The van der Waals surface area contributed by atoms with Gasteiger partial charge in [0.05, 0.1) is 11.3 Å². The van der Waals surface area contributed by atoms with Crippen molar-refractivity contribution < 1.29 is 24.6 Å². The number of aliphatic hydroxyl groups excluding tert-OH is 1. The fourth-order valence-electron chi connectivity index (χ4n) is 2.12. The van der Waals surface area contributed by atoms with Crippen LogP contribution in [0.4, 0.5) is 11.4 Å². The smallest absolute Gasteiger partial charge is 0.335 e. The van der Waals surface area contributed by atoms with E-state index in [9.17, 15) is 19.5 Å². The zero-order chi connectivity index (χ0) is 20.0. The number of benzene rings is 2. The molecule has 1 amide bonds. The lowest BCUT2D eigenvalue weighted by atomic mass is 10.1. The standard InChI is InChI=1S/C19H17N3O5/c1-11(23)15-5-3-4-6-16(15)21-22-17(12(2)24)18(25)20-14-9-7-13(8-10-14)19(26)27/h3-10,21,23H,1H2,2H3,(H,20,25)(H,26,27)/b22-17-. The lowest BCUT2D eigenvalue weighted by Gasteiger charge is -2.09. The average molecular weight is 367 g/mol. The number of carboxylic acids is 1. The number of carbonyl (C=O) groups excluding carboxylic acids is 2. The van der Waals surface area contributed by atoms with E-state index in [0.29, 0.717) is 16.9 Å². The van der Waals surface area contributed by atoms with Crippen LogP contribution in [0.1, 0.15) is 22.8 Å². The van der Waals surface area contributed by atoms with E-state index >= 15 is 0 Å². The third-order valence-electron chi connectivity index (χ3n) is 3.46. The molecule has 0 unspecified atom stereocenters. The number of Topliss-reactive ketones (excluding diaryl/α,β-unsaturated/α-hetero) is 1. The number of amides is 1. The first kappa shape index (κ1) is 19.4. The highest BCUT2D eigenvalue weighted by atomic mass is 16.4. The monoisotopic (exact) mass is 367 g/mol. The summed E-state index contributed by atoms with van der Waals surface area (Å²) in [7, 11) is 0. The van der Waals surface area contributed by atoms with Gasteiger partial charge in [0.1, 0.15) is 5.76 Å². The zero-order valence-electron chi connectivity index (χ0n) is 14.4. The van der Waals surface area contributed by atoms with Gasteiger partial charge >= 0.3 is 5.97 Å². The summed E-state index contributed by atoms with van der Waals surface area (Å²) in [5, 5.41) is 24.8. The van der Waals surface area contributed by atoms with Gasteiger partial charge in [0.2, 0.25) is 0 Å². The molecule has 138 valence electrons. The van der Waals surface area contributed by atoms with E-state index in [-0.39, 0.29) is 11.3 Å². The van der Waals surface area contributed by atoms with Gasteiger partial charge in [0, 0.05) is 18.2 Å². The van der Waals surface area contributed by atoms with Crippen LogP contribution in [0, 0.1) is 0 Å². The van der Waals surface area contributed by atoms with Crippen LogP contribution < -0.4 is 10.7 Å². The van der Waals surface area contributed by atoms with E-state index in [4.69, 9.17) is 5.11 Å². The summed E-state index contributed by atoms with van der Waals surface area (Å²) in [6.45, 7) is 4.62. The summed E-state index contributed by atoms with van der Waals surface area (Å²) in [6, 6.07) is 12.0. The van der Waals surface area contributed by atoms with E-state index in [1.54, 1.807) is 24.3 Å². The number of nitrogens with one attached hydrogen (secondary N) is 2. The first-order valence-electron chi connectivity index (χ1n) is 7.76. The van der Waals surface area contributed by atoms with E-state index < -0.39 is 23.4 Å². The number of aliphatic hydroxyl groups is 1. The van der Waals surface area contributed by atoms with Crippen LogP contribution in [0.15, 0.2) is 60.2 Å². The Kier molecular flexibility index (Phi) is 6.06. The maximum absolute atomic E-state index is 12.3. The molecule has 0 saturated heterocycles. The van der Waals surface area contributed by atoms with Crippen molar-refractivity contribution in [3.63, 3.8) is 0 Å². The van der Waals surface area contributed by atoms with Crippen molar-refractivity contribution in [1.82, 2.24) is 0 Å². The summed E-state index contributed by atoms with van der Waals surface area (Å²) >= 11 is 0. The van der Waals surface area contributed by atoms with Crippen molar-refractivity contribution in [3.8, 4) is 0 Å². The van der Waals surface area contributed by atoms with Crippen molar-refractivity contribution in [2.45, 2.75) is 6.92 Å². The number of carboxylic acid groups (broad SMARTS) is 1. The molecule has 0 aliphatic heterocycles. The van der Waals surface area contributed by atoms with Crippen LogP contribution >= 0.6 is 0 Å². The Balaban J connectivity index is 2.20. The van der Waals surface area contributed by atoms with Crippen molar-refractivity contribution in [3.05, 3.63) is 66.2 Å². The molecule has 2 aromatic carbocycles. The molecule has 0 heterocycles. The van der Waals surface area contributed by atoms with Gasteiger partial charge in [-0.2, -0.15) is 5.10 Å². The largest absolute Gasteiger partial charge is 0.508 e. The molecule has 8 nitrogen and oxygen atoms in total. The first-order valence-corrected chi connectivity index (χ1v) is 7.76. The molecule has 0 fully saturated rings. The normalized spacial score (nSPS) is 10.8. The Morgan fingerprint density at radius 2 is 1.63 bits per heavy atom. The number of rotatable bonds is 7. The van der Waals surface area contributed by atoms with Gasteiger partial charge in [0.25, 0.3) is 5.91 Å². The third-order valence-corrected chi connectivity index (χ3v) is 3.46. The number of anilines is 2. The maximum Gasteiger partial charge on any atom is 0.335 e. The predicted octanol–water partition coefficient (Wildman–Crippen LogP) is 2.91. The van der Waals surface area contributed by atoms with Crippen LogP contribution in [0.25, 0.3) is 5.76 Å². The zero-order valence-corrected chi connectivity index (χ0v) is 14.4. The second kappa shape index (κ2) is 8.43. The molecule has 0 atom stereocenters. The first-order chi connectivity index (χ1) is 12.8. The second-order valence-corrected chi connectivity index (χ2v) is 5.46. The van der Waals surface area contributed by atoms with Gasteiger partial charge in [-0.3, -0.25) is 15.0 Å². The number of hydrogen-bond acceptors (Lipinski definition) is 6. The van der Waals surface area contributed by atoms with Crippen LogP contribution in [0.5, 0.6) is 0 Å². The second-order valence-electron chi connectivity index (χ2n) is 5.46. The lowest BCUT2D eigenvalue weighted by molar-refractivity contribution is -0.114. The third kappa shape index (κ3) is 5.02. The Bertz CT molecular complexity index is 933. The van der Waals surface area contributed by atoms with Crippen LogP contribution in [0.2, 0.25) is 0 Å². The molecular weight excluding hydrogens is 350 g/mol. The van der Waals surface area contributed by atoms with Crippen molar-refractivity contribution in [2.75, 3.05) is 10.7 Å². The number of hydrogen-bond donors (Lipinski definition) is 4. The minimum Gasteiger partial charge on any atom is -0.508 e. The van der Waals surface area contributed by atoms with Gasteiger partial charge in [0.15, 0.2) is 11.5 Å². The highest BCUT2D eigenvalue weighted by molar-refractivity contribution is 6.67. The van der Waals surface area contributed by atoms with E-state index in [1.807, 2.05) is 0 Å². The molecule has 2 rings (SSSR count). The molecule has 0 saturated carbocycles. The Labute approximate surface area is 154 Å². The lowest BCUT2D eigenvalue weighted by Crippen LogP contribution is -2.29. The minimum absolute atomic E-state index is 0.0657. The van der Waals surface area contributed by atoms with Crippen molar-refractivity contribution in [1.29, 1.82) is 0 Å². The van der Waals surface area contributed by atoms with Crippen LogP contribution in [-0.2, 0) is 9.59 Å². The molecule has 2 aromatic rings. The van der Waals surface area contributed by atoms with Crippen molar-refractivity contribution >= 4 is 40.5 Å². The molecular formula is C19H17N3O5. The van der Waals surface area contributed by atoms with E-state index in [0.717, 1.165) is 0 Å². The maximum atomic E-state index is 12.3. The molecule has 0 aromatic heterocycles. The van der Waals surface area contributed by atoms with Gasteiger partial charge in [-0.05, 0) is 36.4 Å². The average Bonchev–Trinajstić information content (AvgIpc) is 2.62. The Hall–Kier alpha value is -3.94. The summed E-state index contributed by atoms with van der Waals surface area (Å²) in [4.78, 5) is 35.0. The van der Waals surface area contributed by atoms with Gasteiger partial charge < -0.3 is 15.5 Å². The minimum atomic E-state index is -1.09. The number of hydrazone groups is 1. The van der Waals surface area contributed by atoms with E-state index in [2.05, 4.69) is 22.4 Å². The quantitative estimate of drug-likeness (QED) is 0.258. The highest BCUT2D eigenvalue weighted by Gasteiger charge is 2.18. The number of carbonyl (C=O) groups is 3. The predicted molar refractivity (Wildman–Crippen MR) is 102 cm³/mol. The highest BCUT2D eigenvalue weighted by Crippen LogP contribution is 2.20. The van der Waals surface area contributed by atoms with E-state index in [1.165, 1.54) is 31.2 Å². The summed E-state index contributed by atoms with van der Waals surface area (Å²) in [5.74, 6) is -2.63. The molecule has 0 bridgehead atoms. The fourth-order valence-corrected chi connectivity index (χ4v) is 2.12. The van der Waals surface area contributed by atoms with Crippen LogP contribution in [-0.4, -0.2) is 33.6 Å². The number of ketones is 1. The van der Waals surface area contributed by atoms with Crippen LogP contribution in [0.3, 0.4) is 0 Å². The number of nitrogens with zero attached hydrogens (tertiary/aromatic N) is 1. The van der Waals surface area contributed by atoms with Gasteiger partial charge in [-0.25, -0.2) is 4.79 Å². The topological polar surface area (TPSA) is 128 Å². The Morgan fingerprint density at radius 1 is 1.00 bits per heavy atom. The fraction of sp³-hybridized carbons (Fsp3) is 0.0526. The summed E-state index contributed by atoms with van der Waals surface area (Å²) in [6.07, 6.45) is 0.